The fourth-order valence-electron chi connectivity index (χ4n) is 3.21. The van der Waals surface area contributed by atoms with Crippen molar-refractivity contribution in [2.24, 2.45) is 5.10 Å². The van der Waals surface area contributed by atoms with E-state index in [1.165, 1.54) is 50.8 Å². The Morgan fingerprint density at radius 2 is 1.77 bits per heavy atom. The van der Waals surface area contributed by atoms with Crippen LogP contribution in [-0.2, 0) is 21.4 Å². The molecular weight excluding hydrogens is 473 g/mol. The highest BCUT2D eigenvalue weighted by atomic mass is 32.2. The maximum absolute atomic E-state index is 14.3. The first kappa shape index (κ1) is 25.9. The van der Waals surface area contributed by atoms with E-state index in [1.54, 1.807) is 36.4 Å². The van der Waals surface area contributed by atoms with Crippen molar-refractivity contribution < 1.29 is 27.1 Å². The Morgan fingerprint density at radius 3 is 2.43 bits per heavy atom. The van der Waals surface area contributed by atoms with Crippen molar-refractivity contribution >= 4 is 22.1 Å². The van der Waals surface area contributed by atoms with Gasteiger partial charge < -0.3 is 9.47 Å². The average Bonchev–Trinajstić information content (AvgIpc) is 2.85. The van der Waals surface area contributed by atoms with E-state index in [0.29, 0.717) is 17.1 Å². The van der Waals surface area contributed by atoms with Crippen LogP contribution in [0.25, 0.3) is 0 Å². The maximum atomic E-state index is 14.3. The van der Waals surface area contributed by atoms with Crippen LogP contribution in [-0.4, -0.2) is 45.6 Å². The zero-order valence-electron chi connectivity index (χ0n) is 19.6. The number of nitrogens with zero attached hydrogens (tertiary/aromatic N) is 2. The van der Waals surface area contributed by atoms with Gasteiger partial charge in [0.1, 0.15) is 17.3 Å². The van der Waals surface area contributed by atoms with E-state index in [9.17, 15) is 17.6 Å². The molecule has 0 bridgehead atoms. The van der Waals surface area contributed by atoms with Gasteiger partial charge in [0.05, 0.1) is 31.9 Å². The second-order valence-electron chi connectivity index (χ2n) is 7.58. The summed E-state index contributed by atoms with van der Waals surface area (Å²) in [5.74, 6) is -0.193. The van der Waals surface area contributed by atoms with Crippen LogP contribution in [0.4, 0.5) is 4.39 Å². The molecule has 0 atom stereocenters. The molecule has 1 N–H and O–H groups in total. The van der Waals surface area contributed by atoms with Gasteiger partial charge in [0.15, 0.2) is 0 Å². The zero-order valence-corrected chi connectivity index (χ0v) is 20.4. The highest BCUT2D eigenvalue weighted by molar-refractivity contribution is 7.89. The van der Waals surface area contributed by atoms with Gasteiger partial charge in [0, 0.05) is 17.7 Å². The first-order chi connectivity index (χ1) is 16.7. The Hall–Kier alpha value is -3.76. The highest BCUT2D eigenvalue weighted by Crippen LogP contribution is 2.22. The van der Waals surface area contributed by atoms with E-state index in [4.69, 9.17) is 9.47 Å². The van der Waals surface area contributed by atoms with Crippen LogP contribution in [0.1, 0.15) is 16.7 Å². The summed E-state index contributed by atoms with van der Waals surface area (Å²) in [6.07, 6.45) is 1.36. The predicted octanol–water partition coefficient (Wildman–Crippen LogP) is 3.49. The number of sulfonamides is 1. The van der Waals surface area contributed by atoms with Crippen LogP contribution in [0.5, 0.6) is 11.5 Å². The number of hydrogen-bond donors (Lipinski definition) is 1. The van der Waals surface area contributed by atoms with Gasteiger partial charge in [-0.3, -0.25) is 4.79 Å². The number of benzene rings is 3. The van der Waals surface area contributed by atoms with E-state index in [1.807, 2.05) is 6.92 Å². The van der Waals surface area contributed by atoms with Crippen LogP contribution >= 0.6 is 0 Å². The second-order valence-corrected chi connectivity index (χ2v) is 9.52. The van der Waals surface area contributed by atoms with Gasteiger partial charge in [0.25, 0.3) is 5.91 Å². The molecule has 35 heavy (non-hydrogen) atoms. The summed E-state index contributed by atoms with van der Waals surface area (Å²) in [6, 6.07) is 17.1. The molecule has 184 valence electrons. The Balaban J connectivity index is 1.82. The van der Waals surface area contributed by atoms with Gasteiger partial charge in [-0.1, -0.05) is 35.9 Å². The third kappa shape index (κ3) is 6.65. The Morgan fingerprint density at radius 1 is 1.06 bits per heavy atom. The fraction of sp³-hybridized carbons (Fsp3) is 0.200. The number of methoxy groups -OCH3 is 2. The topological polar surface area (TPSA) is 97.3 Å². The molecule has 0 saturated heterocycles. The van der Waals surface area contributed by atoms with Crippen LogP contribution in [0.2, 0.25) is 0 Å². The molecule has 3 aromatic rings. The summed E-state index contributed by atoms with van der Waals surface area (Å²) in [5, 5.41) is 3.91. The molecule has 0 aliphatic rings. The number of hydrazone groups is 1. The van der Waals surface area contributed by atoms with Crippen molar-refractivity contribution in [3.63, 3.8) is 0 Å². The number of carbonyl (C=O) groups excluding carboxylic acids is 1. The highest BCUT2D eigenvalue weighted by Gasteiger charge is 2.27. The lowest BCUT2D eigenvalue weighted by Crippen LogP contribution is -2.39. The minimum absolute atomic E-state index is 0.00291. The van der Waals surface area contributed by atoms with Crippen LogP contribution in [0, 0.1) is 12.7 Å². The smallest absolute Gasteiger partial charge is 0.255 e. The molecule has 0 saturated carbocycles. The number of ether oxygens (including phenoxy) is 2. The zero-order chi connectivity index (χ0) is 25.4. The molecule has 0 spiro atoms. The fourth-order valence-corrected chi connectivity index (χ4v) is 4.59. The molecule has 0 unspecified atom stereocenters. The summed E-state index contributed by atoms with van der Waals surface area (Å²) in [5.41, 5.74) is 3.88. The molecule has 10 heteroatoms. The maximum Gasteiger partial charge on any atom is 0.255 e. The molecule has 3 rings (SSSR count). The normalized spacial score (nSPS) is 11.6. The number of hydrogen-bond acceptors (Lipinski definition) is 6. The van der Waals surface area contributed by atoms with Crippen LogP contribution in [0.15, 0.2) is 76.7 Å². The summed E-state index contributed by atoms with van der Waals surface area (Å²) in [7, 11) is -1.10. The van der Waals surface area contributed by atoms with Gasteiger partial charge in [0.2, 0.25) is 10.0 Å². The van der Waals surface area contributed by atoms with E-state index >= 15 is 0 Å². The average molecular weight is 500 g/mol. The minimum atomic E-state index is -4.11. The van der Waals surface area contributed by atoms with Crippen molar-refractivity contribution in [2.45, 2.75) is 18.4 Å². The van der Waals surface area contributed by atoms with Gasteiger partial charge in [-0.15, -0.1) is 0 Å². The molecule has 0 heterocycles. The van der Waals surface area contributed by atoms with Crippen LogP contribution < -0.4 is 14.9 Å². The van der Waals surface area contributed by atoms with Crippen molar-refractivity contribution in [1.29, 1.82) is 0 Å². The lowest BCUT2D eigenvalue weighted by Gasteiger charge is -2.22. The summed E-state index contributed by atoms with van der Waals surface area (Å²) < 4.78 is 52.2. The van der Waals surface area contributed by atoms with E-state index in [2.05, 4.69) is 10.5 Å². The first-order valence-corrected chi connectivity index (χ1v) is 12.0. The molecule has 3 aromatic carbocycles. The van der Waals surface area contributed by atoms with E-state index < -0.39 is 28.3 Å². The van der Waals surface area contributed by atoms with E-state index in [-0.39, 0.29) is 17.0 Å². The predicted molar refractivity (Wildman–Crippen MR) is 130 cm³/mol. The number of amides is 1. The molecule has 8 nitrogen and oxygen atoms in total. The first-order valence-electron chi connectivity index (χ1n) is 10.6. The third-order valence-electron chi connectivity index (χ3n) is 5.11. The van der Waals surface area contributed by atoms with Gasteiger partial charge in [-0.05, 0) is 43.3 Å². The van der Waals surface area contributed by atoms with E-state index in [0.717, 1.165) is 9.87 Å². The number of rotatable bonds is 10. The molecule has 0 aliphatic carbocycles. The summed E-state index contributed by atoms with van der Waals surface area (Å²) in [6.45, 7) is 0.928. The van der Waals surface area contributed by atoms with Crippen molar-refractivity contribution in [1.82, 2.24) is 9.73 Å². The largest absolute Gasteiger partial charge is 0.497 e. The Bertz CT molecular complexity index is 1310. The summed E-state index contributed by atoms with van der Waals surface area (Å²) in [4.78, 5) is 12.6. The van der Waals surface area contributed by atoms with Crippen molar-refractivity contribution in [3.8, 4) is 11.5 Å². The molecule has 0 fully saturated rings. The third-order valence-corrected chi connectivity index (χ3v) is 6.92. The Kier molecular flexibility index (Phi) is 8.56. The van der Waals surface area contributed by atoms with Gasteiger partial charge in [-0.25, -0.2) is 18.2 Å². The SMILES string of the molecule is COc1ccc(OC)c(/C=N\NC(=O)CN(Cc2ccccc2F)S(=O)(=O)c2ccc(C)cc2)c1. The van der Waals surface area contributed by atoms with Gasteiger partial charge >= 0.3 is 0 Å². The monoisotopic (exact) mass is 499 g/mol. The summed E-state index contributed by atoms with van der Waals surface area (Å²) >= 11 is 0. The minimum Gasteiger partial charge on any atom is -0.497 e. The van der Waals surface area contributed by atoms with Crippen molar-refractivity contribution in [3.05, 3.63) is 89.2 Å². The molecular formula is C25H26FN3O5S. The second kappa shape index (κ2) is 11.6. The van der Waals surface area contributed by atoms with Crippen molar-refractivity contribution in [2.75, 3.05) is 20.8 Å². The number of nitrogens with one attached hydrogen (secondary N) is 1. The molecule has 0 radical (unpaired) electrons. The molecule has 0 aliphatic heterocycles. The number of aryl methyl sites for hydroxylation is 1. The molecule has 1 amide bonds. The number of carbonyl (C=O) groups is 1. The lowest BCUT2D eigenvalue weighted by atomic mass is 10.2. The quantitative estimate of drug-likeness (QED) is 0.340. The number of halogens is 1. The standard InChI is InChI=1S/C25H26FN3O5S/c1-18-8-11-22(12-9-18)35(31,32)29(16-19-6-4-5-7-23(19)26)17-25(30)28-27-15-20-14-21(33-2)10-13-24(20)34-3/h4-15H,16-17H2,1-3H3,(H,28,30)/b27-15-. The molecule has 0 aromatic heterocycles. The van der Waals surface area contributed by atoms with Crippen LogP contribution in [0.3, 0.4) is 0 Å². The Labute approximate surface area is 204 Å². The van der Waals surface area contributed by atoms with Gasteiger partial charge in [-0.2, -0.15) is 9.41 Å². The lowest BCUT2D eigenvalue weighted by molar-refractivity contribution is -0.121.